The number of aliphatic hydroxyl groups is 1. The van der Waals surface area contributed by atoms with Gasteiger partial charge in [0.1, 0.15) is 51.6 Å². The number of phenolic OH excluding ortho intramolecular Hbond substituents is 1. The fraction of sp³-hybridized carbons (Fsp3) is 0.167. The zero-order valence-corrected chi connectivity index (χ0v) is 31.3. The van der Waals surface area contributed by atoms with Crippen LogP contribution in [0.5, 0.6) is 11.5 Å². The molecule has 0 fully saturated rings. The second kappa shape index (κ2) is 18.4. The maximum atomic E-state index is 12.6. The van der Waals surface area contributed by atoms with Crippen LogP contribution in [-0.4, -0.2) is 30.1 Å². The van der Waals surface area contributed by atoms with Crippen molar-refractivity contribution in [3.63, 3.8) is 0 Å². The Labute approximate surface area is 327 Å². The van der Waals surface area contributed by atoms with Crippen molar-refractivity contribution >= 4 is 45.9 Å². The van der Waals surface area contributed by atoms with Crippen molar-refractivity contribution in [2.75, 3.05) is 0 Å². The summed E-state index contributed by atoms with van der Waals surface area (Å²) in [6, 6.07) is 17.4. The normalized spacial score (nSPS) is 11.0. The fourth-order valence-corrected chi connectivity index (χ4v) is 6.49. The molecule has 2 aromatic carbocycles. The van der Waals surface area contributed by atoms with Gasteiger partial charge < -0.3 is 14.9 Å². The molecule has 0 unspecified atom stereocenters. The molecule has 0 amide bonds. The summed E-state index contributed by atoms with van der Waals surface area (Å²) in [6.45, 7) is 3.63. The van der Waals surface area contributed by atoms with Gasteiger partial charge in [0.15, 0.2) is 0 Å². The largest absolute Gasteiger partial charge is 0.508 e. The minimum atomic E-state index is -4.47. The summed E-state index contributed by atoms with van der Waals surface area (Å²) in [5.41, 5.74) is 1.27. The molecule has 0 aliphatic rings. The first-order chi connectivity index (χ1) is 25.9. The molecule has 0 saturated carbocycles. The van der Waals surface area contributed by atoms with Crippen molar-refractivity contribution in [2.24, 2.45) is 0 Å². The number of hydrogen-bond donors (Lipinski definition) is 2. The summed E-state index contributed by atoms with van der Waals surface area (Å²) in [4.78, 5) is 16.9. The number of aryl methyl sites for hydroxylation is 2. The number of phenols is 1. The zero-order chi connectivity index (χ0) is 40.5. The first-order valence-corrected chi connectivity index (χ1v) is 17.6. The average molecular weight is 838 g/mol. The standard InChI is InChI=1S/C18H11ClF3N3OS.C11H9F3N2OS.C7H4ClNO/c1-10-15(9-26-13-4-2-11(7-23)14(19)6-13)27-17(25-10)12-3-5-16(24-8-12)18(20,21)22;1-6-8(5-17)18-10(16-6)7-2-3-9(15-4-7)11(12,13)14;8-7-3-6(10)2-1-5(7)4-9/h2-6,8H,9H2,1H3;2-4,17H,5H2,1H3;1-3,10H. The number of alkyl halides is 6. The van der Waals surface area contributed by atoms with E-state index in [1.165, 1.54) is 53.0 Å². The first kappa shape index (κ1) is 42.4. The predicted molar refractivity (Wildman–Crippen MR) is 194 cm³/mol. The minimum absolute atomic E-state index is 0.0731. The van der Waals surface area contributed by atoms with Crippen LogP contribution in [0.3, 0.4) is 0 Å². The van der Waals surface area contributed by atoms with Crippen LogP contribution in [0, 0.1) is 36.5 Å². The number of aromatic hydroxyl groups is 1. The van der Waals surface area contributed by atoms with Gasteiger partial charge in [0, 0.05) is 29.6 Å². The Morgan fingerprint density at radius 3 is 1.58 bits per heavy atom. The van der Waals surface area contributed by atoms with Gasteiger partial charge in [-0.3, -0.25) is 9.97 Å². The third-order valence-corrected chi connectivity index (χ3v) is 10.0. The van der Waals surface area contributed by atoms with Crippen LogP contribution in [-0.2, 0) is 25.6 Å². The van der Waals surface area contributed by atoms with Crippen molar-refractivity contribution in [3.8, 4) is 44.8 Å². The van der Waals surface area contributed by atoms with Gasteiger partial charge in [-0.05, 0) is 68.4 Å². The van der Waals surface area contributed by atoms with E-state index in [4.69, 9.17) is 48.7 Å². The lowest BCUT2D eigenvalue weighted by Crippen LogP contribution is -2.07. The van der Waals surface area contributed by atoms with Crippen LogP contribution < -0.4 is 4.74 Å². The van der Waals surface area contributed by atoms with Crippen LogP contribution in [0.4, 0.5) is 26.3 Å². The fourth-order valence-electron chi connectivity index (χ4n) is 4.18. The van der Waals surface area contributed by atoms with Crippen molar-refractivity contribution < 1.29 is 41.3 Å². The molecule has 55 heavy (non-hydrogen) atoms. The number of hydrogen-bond acceptors (Lipinski definition) is 11. The maximum absolute atomic E-state index is 12.6. The van der Waals surface area contributed by atoms with Crippen molar-refractivity contribution in [2.45, 2.75) is 39.4 Å². The van der Waals surface area contributed by atoms with E-state index in [9.17, 15) is 26.3 Å². The molecule has 0 saturated heterocycles. The Balaban J connectivity index is 0.000000205. The smallest absolute Gasteiger partial charge is 0.433 e. The van der Waals surface area contributed by atoms with Gasteiger partial charge >= 0.3 is 12.4 Å². The molecule has 284 valence electrons. The number of nitrogens with zero attached hydrogens (tertiary/aromatic N) is 6. The second-order valence-corrected chi connectivity index (χ2v) is 13.9. The second-order valence-electron chi connectivity index (χ2n) is 10.9. The van der Waals surface area contributed by atoms with Gasteiger partial charge in [0.2, 0.25) is 0 Å². The van der Waals surface area contributed by atoms with E-state index < -0.39 is 23.7 Å². The minimum Gasteiger partial charge on any atom is -0.508 e. The van der Waals surface area contributed by atoms with Gasteiger partial charge in [-0.25, -0.2) is 9.97 Å². The Bertz CT molecular complexity index is 2340. The molecule has 0 aliphatic heterocycles. The Kier molecular flexibility index (Phi) is 14.2. The SMILES string of the molecule is Cc1nc(-c2ccc(C(F)(F)F)nc2)sc1CO.Cc1nc(-c2ccc(C(F)(F)F)nc2)sc1COc1ccc(C#N)c(Cl)c1.N#Cc1ccc(O)cc1Cl. The van der Waals surface area contributed by atoms with Gasteiger partial charge in [-0.15, -0.1) is 22.7 Å². The topological polar surface area (TPSA) is 149 Å². The van der Waals surface area contributed by atoms with Crippen molar-refractivity contribution in [3.05, 3.63) is 127 Å². The summed E-state index contributed by atoms with van der Waals surface area (Å²) in [5.74, 6) is 0.577. The van der Waals surface area contributed by atoms with Crippen LogP contribution in [0.25, 0.3) is 21.1 Å². The number of ether oxygens (including phenoxy) is 1. The molecule has 6 aromatic rings. The van der Waals surface area contributed by atoms with Gasteiger partial charge in [0.05, 0.1) is 48.9 Å². The summed E-state index contributed by atoms with van der Waals surface area (Å²) >= 11 is 14.1. The van der Waals surface area contributed by atoms with Crippen LogP contribution in [0.1, 0.15) is 43.7 Å². The molecule has 0 bridgehead atoms. The lowest BCUT2D eigenvalue weighted by molar-refractivity contribution is -0.141. The summed E-state index contributed by atoms with van der Waals surface area (Å²) < 4.78 is 80.5. The number of halogens is 8. The molecule has 0 spiro atoms. The van der Waals surface area contributed by atoms with Gasteiger partial charge in [-0.1, -0.05) is 23.2 Å². The Morgan fingerprint density at radius 1 is 0.709 bits per heavy atom. The van der Waals surface area contributed by atoms with E-state index >= 15 is 0 Å². The highest BCUT2D eigenvalue weighted by atomic mass is 35.5. The average Bonchev–Trinajstić information content (AvgIpc) is 3.72. The lowest BCUT2D eigenvalue weighted by Gasteiger charge is -2.06. The molecule has 9 nitrogen and oxygen atoms in total. The summed E-state index contributed by atoms with van der Waals surface area (Å²) in [6.07, 6.45) is -6.61. The van der Waals surface area contributed by atoms with Crippen LogP contribution in [0.15, 0.2) is 73.1 Å². The molecule has 6 rings (SSSR count). The van der Waals surface area contributed by atoms with E-state index in [1.807, 2.05) is 12.1 Å². The maximum Gasteiger partial charge on any atom is 0.433 e. The molecular weight excluding hydrogens is 813 g/mol. The summed E-state index contributed by atoms with van der Waals surface area (Å²) in [5, 5.41) is 36.8. The highest BCUT2D eigenvalue weighted by Gasteiger charge is 2.33. The van der Waals surface area contributed by atoms with Gasteiger partial charge in [0.25, 0.3) is 0 Å². The molecular formula is C36H24Cl2F6N6O3S2. The number of nitriles is 2. The first-order valence-electron chi connectivity index (χ1n) is 15.2. The van der Waals surface area contributed by atoms with E-state index in [0.29, 0.717) is 53.6 Å². The Morgan fingerprint density at radius 2 is 1.18 bits per heavy atom. The number of aromatic nitrogens is 4. The van der Waals surface area contributed by atoms with Crippen LogP contribution in [0.2, 0.25) is 10.0 Å². The molecule has 0 radical (unpaired) electrons. The third kappa shape index (κ3) is 11.6. The molecule has 0 aliphatic carbocycles. The van der Waals surface area contributed by atoms with E-state index in [0.717, 1.165) is 35.1 Å². The van der Waals surface area contributed by atoms with Crippen LogP contribution >= 0.6 is 45.9 Å². The number of aliphatic hydroxyl groups excluding tert-OH is 1. The highest BCUT2D eigenvalue weighted by Crippen LogP contribution is 2.33. The van der Waals surface area contributed by atoms with Crippen molar-refractivity contribution in [1.82, 2.24) is 19.9 Å². The lowest BCUT2D eigenvalue weighted by atomic mass is 10.2. The monoisotopic (exact) mass is 836 g/mol. The molecule has 19 heteroatoms. The number of thiazole rings is 2. The predicted octanol–water partition coefficient (Wildman–Crippen LogP) is 10.6. The van der Waals surface area contributed by atoms with E-state index in [1.54, 1.807) is 32.0 Å². The van der Waals surface area contributed by atoms with E-state index in [-0.39, 0.29) is 24.0 Å². The molecule has 4 heterocycles. The molecule has 4 aromatic heterocycles. The zero-order valence-electron chi connectivity index (χ0n) is 28.2. The Hall–Kier alpha value is -5.30. The van der Waals surface area contributed by atoms with Gasteiger partial charge in [-0.2, -0.15) is 36.9 Å². The van der Waals surface area contributed by atoms with E-state index in [2.05, 4.69) is 19.9 Å². The summed E-state index contributed by atoms with van der Waals surface area (Å²) in [7, 11) is 0. The third-order valence-electron chi connectivity index (χ3n) is 7.03. The number of benzene rings is 2. The highest BCUT2D eigenvalue weighted by molar-refractivity contribution is 7.15. The molecule has 2 N–H and O–H groups in total. The number of pyridine rings is 2. The quantitative estimate of drug-likeness (QED) is 0.156. The molecule has 0 atom stereocenters. The number of rotatable bonds is 6. The van der Waals surface area contributed by atoms with Crippen molar-refractivity contribution in [1.29, 1.82) is 10.5 Å².